The summed E-state index contributed by atoms with van der Waals surface area (Å²) in [6.45, 7) is 5.20. The number of nitrogens with one attached hydrogen (secondary N) is 2. The number of rotatable bonds is 6. The van der Waals surface area contributed by atoms with Crippen LogP contribution in [0.5, 0.6) is 0 Å². The van der Waals surface area contributed by atoms with Gasteiger partial charge in [0.1, 0.15) is 0 Å². The SMILES string of the molecule is O=C(NC(=S)NC1CCC(CCN2CCN(c3cccc(Cl)c3Cl)CC2)CC1)c1ccccc1. The summed E-state index contributed by atoms with van der Waals surface area (Å²) in [4.78, 5) is 17.2. The lowest BCUT2D eigenvalue weighted by Gasteiger charge is -2.37. The van der Waals surface area contributed by atoms with Crippen molar-refractivity contribution in [3.8, 4) is 0 Å². The summed E-state index contributed by atoms with van der Waals surface area (Å²) >= 11 is 18.0. The lowest BCUT2D eigenvalue weighted by atomic mass is 9.84. The molecule has 0 bridgehead atoms. The van der Waals surface area contributed by atoms with E-state index in [1.165, 1.54) is 19.3 Å². The fourth-order valence-electron chi connectivity index (χ4n) is 4.90. The Morgan fingerprint density at radius 1 is 0.941 bits per heavy atom. The molecular weight excluding hydrogens is 487 g/mol. The molecular formula is C26H32Cl2N4OS. The van der Waals surface area contributed by atoms with Crippen LogP contribution in [0.25, 0.3) is 0 Å². The predicted molar refractivity (Wildman–Crippen MR) is 145 cm³/mol. The Morgan fingerprint density at radius 3 is 2.35 bits per heavy atom. The first-order chi connectivity index (χ1) is 16.5. The number of carbonyl (C=O) groups excluding carboxylic acids is 1. The fourth-order valence-corrected chi connectivity index (χ4v) is 5.57. The molecule has 0 unspecified atom stereocenters. The summed E-state index contributed by atoms with van der Waals surface area (Å²) in [5, 5.41) is 7.84. The van der Waals surface area contributed by atoms with Gasteiger partial charge >= 0.3 is 0 Å². The number of anilines is 1. The van der Waals surface area contributed by atoms with Crippen LogP contribution in [0.15, 0.2) is 48.5 Å². The predicted octanol–water partition coefficient (Wildman–Crippen LogP) is 5.37. The van der Waals surface area contributed by atoms with E-state index in [2.05, 4.69) is 26.5 Å². The maximum absolute atomic E-state index is 12.3. The van der Waals surface area contributed by atoms with Crippen LogP contribution in [0.2, 0.25) is 10.0 Å². The highest BCUT2D eigenvalue weighted by Gasteiger charge is 2.24. The summed E-state index contributed by atoms with van der Waals surface area (Å²) in [6, 6.07) is 15.4. The number of piperazine rings is 1. The van der Waals surface area contributed by atoms with E-state index in [1.807, 2.05) is 30.3 Å². The summed E-state index contributed by atoms with van der Waals surface area (Å²) in [5.41, 5.74) is 1.66. The average Bonchev–Trinajstić information content (AvgIpc) is 2.86. The molecule has 2 fully saturated rings. The van der Waals surface area contributed by atoms with Gasteiger partial charge < -0.3 is 10.2 Å². The topological polar surface area (TPSA) is 47.6 Å². The molecule has 1 aliphatic carbocycles. The molecule has 4 rings (SSSR count). The molecule has 34 heavy (non-hydrogen) atoms. The Hall–Kier alpha value is -1.86. The van der Waals surface area contributed by atoms with Crippen molar-refractivity contribution in [3.05, 3.63) is 64.1 Å². The summed E-state index contributed by atoms with van der Waals surface area (Å²) in [5.74, 6) is 0.593. The van der Waals surface area contributed by atoms with Gasteiger partial charge in [-0.3, -0.25) is 15.0 Å². The van der Waals surface area contributed by atoms with E-state index in [4.69, 9.17) is 35.4 Å². The van der Waals surface area contributed by atoms with Crippen molar-refractivity contribution in [2.24, 2.45) is 5.92 Å². The van der Waals surface area contributed by atoms with E-state index < -0.39 is 0 Å². The summed E-state index contributed by atoms with van der Waals surface area (Å²) < 4.78 is 0. The standard InChI is InChI=1S/C26H32Cl2N4OS/c27-22-7-4-8-23(24(22)28)32-17-15-31(16-18-32)14-13-19-9-11-21(12-10-19)29-26(34)30-25(33)20-5-2-1-3-6-20/h1-8,19,21H,9-18H2,(H2,29,30,33,34). The van der Waals surface area contributed by atoms with Gasteiger partial charge in [0.2, 0.25) is 0 Å². The lowest BCUT2D eigenvalue weighted by Crippen LogP contribution is -2.47. The Bertz CT molecular complexity index is 974. The first-order valence-electron chi connectivity index (χ1n) is 12.1. The third-order valence-corrected chi connectivity index (χ3v) is 7.97. The molecule has 1 saturated carbocycles. The molecule has 182 valence electrons. The molecule has 1 aliphatic heterocycles. The Morgan fingerprint density at radius 2 is 1.65 bits per heavy atom. The van der Waals surface area contributed by atoms with Crippen molar-refractivity contribution in [2.75, 3.05) is 37.6 Å². The van der Waals surface area contributed by atoms with Crippen molar-refractivity contribution in [3.63, 3.8) is 0 Å². The Kier molecular flexibility index (Phi) is 9.06. The average molecular weight is 520 g/mol. The largest absolute Gasteiger partial charge is 0.368 e. The Balaban J connectivity index is 1.12. The number of carbonyl (C=O) groups is 1. The maximum atomic E-state index is 12.3. The molecule has 0 radical (unpaired) electrons. The highest BCUT2D eigenvalue weighted by molar-refractivity contribution is 7.80. The number of halogens is 2. The molecule has 2 aromatic rings. The molecule has 0 spiro atoms. The maximum Gasteiger partial charge on any atom is 0.257 e. The van der Waals surface area contributed by atoms with E-state index >= 15 is 0 Å². The molecule has 1 saturated heterocycles. The number of hydrogen-bond donors (Lipinski definition) is 2. The van der Waals surface area contributed by atoms with E-state index in [-0.39, 0.29) is 5.91 Å². The number of benzene rings is 2. The van der Waals surface area contributed by atoms with Gasteiger partial charge in [-0.15, -0.1) is 0 Å². The molecule has 8 heteroatoms. The van der Waals surface area contributed by atoms with E-state index in [0.29, 0.717) is 26.8 Å². The van der Waals surface area contributed by atoms with E-state index in [0.717, 1.165) is 57.2 Å². The van der Waals surface area contributed by atoms with Crippen LogP contribution in [0.1, 0.15) is 42.5 Å². The molecule has 2 N–H and O–H groups in total. The van der Waals surface area contributed by atoms with E-state index in [1.54, 1.807) is 12.1 Å². The molecule has 2 aliphatic rings. The van der Waals surface area contributed by atoms with Crippen LogP contribution in [0, 0.1) is 5.92 Å². The smallest absolute Gasteiger partial charge is 0.257 e. The van der Waals surface area contributed by atoms with Gasteiger partial charge in [-0.05, 0) is 81.1 Å². The van der Waals surface area contributed by atoms with Crippen LogP contribution in [0.3, 0.4) is 0 Å². The third kappa shape index (κ3) is 6.85. The number of amides is 1. The van der Waals surface area contributed by atoms with Crippen molar-refractivity contribution in [1.82, 2.24) is 15.5 Å². The molecule has 0 aromatic heterocycles. The van der Waals surface area contributed by atoms with Gasteiger partial charge in [0, 0.05) is 37.8 Å². The second-order valence-corrected chi connectivity index (χ2v) is 10.4. The fraction of sp³-hybridized carbons (Fsp3) is 0.462. The number of thiocarbonyl (C=S) groups is 1. The molecule has 0 atom stereocenters. The van der Waals surface area contributed by atoms with Gasteiger partial charge in [-0.2, -0.15) is 0 Å². The van der Waals surface area contributed by atoms with Gasteiger partial charge in [-0.25, -0.2) is 0 Å². The quantitative estimate of drug-likeness (QED) is 0.503. The summed E-state index contributed by atoms with van der Waals surface area (Å²) in [7, 11) is 0. The van der Waals surface area contributed by atoms with Crippen LogP contribution in [0.4, 0.5) is 5.69 Å². The van der Waals surface area contributed by atoms with Crippen molar-refractivity contribution < 1.29 is 4.79 Å². The minimum Gasteiger partial charge on any atom is -0.368 e. The zero-order chi connectivity index (χ0) is 23.9. The van der Waals surface area contributed by atoms with Crippen molar-refractivity contribution in [2.45, 2.75) is 38.1 Å². The van der Waals surface area contributed by atoms with Gasteiger partial charge in [0.15, 0.2) is 5.11 Å². The van der Waals surface area contributed by atoms with Crippen molar-refractivity contribution >= 4 is 52.1 Å². The second-order valence-electron chi connectivity index (χ2n) is 9.20. The zero-order valence-corrected chi connectivity index (χ0v) is 21.6. The van der Waals surface area contributed by atoms with Gasteiger partial charge in [0.05, 0.1) is 15.7 Å². The Labute approximate surface area is 217 Å². The minimum absolute atomic E-state index is 0.162. The first kappa shape index (κ1) is 25.2. The van der Waals surface area contributed by atoms with Crippen LogP contribution in [-0.4, -0.2) is 54.7 Å². The highest BCUT2D eigenvalue weighted by Crippen LogP contribution is 2.33. The zero-order valence-electron chi connectivity index (χ0n) is 19.3. The molecule has 1 heterocycles. The van der Waals surface area contributed by atoms with Crippen LogP contribution < -0.4 is 15.5 Å². The first-order valence-corrected chi connectivity index (χ1v) is 13.2. The molecule has 2 aromatic carbocycles. The van der Waals surface area contributed by atoms with Crippen LogP contribution in [-0.2, 0) is 0 Å². The number of hydrogen-bond acceptors (Lipinski definition) is 4. The minimum atomic E-state index is -0.162. The summed E-state index contributed by atoms with van der Waals surface area (Å²) in [6.07, 6.45) is 5.82. The lowest BCUT2D eigenvalue weighted by molar-refractivity contribution is 0.0976. The van der Waals surface area contributed by atoms with Crippen LogP contribution >= 0.6 is 35.4 Å². The highest BCUT2D eigenvalue weighted by atomic mass is 35.5. The third-order valence-electron chi connectivity index (χ3n) is 6.94. The normalized spacial score (nSPS) is 21.2. The van der Waals surface area contributed by atoms with Gasteiger partial charge in [-0.1, -0.05) is 47.5 Å². The number of nitrogens with zero attached hydrogens (tertiary/aromatic N) is 2. The molecule has 1 amide bonds. The monoisotopic (exact) mass is 518 g/mol. The van der Waals surface area contributed by atoms with E-state index in [9.17, 15) is 4.79 Å². The van der Waals surface area contributed by atoms with Gasteiger partial charge in [0.25, 0.3) is 5.91 Å². The second kappa shape index (κ2) is 12.2. The van der Waals surface area contributed by atoms with Crippen molar-refractivity contribution in [1.29, 1.82) is 0 Å². The molecule has 5 nitrogen and oxygen atoms in total.